The van der Waals surface area contributed by atoms with Gasteiger partial charge < -0.3 is 14.5 Å². The van der Waals surface area contributed by atoms with Crippen LogP contribution in [0.4, 0.5) is 11.4 Å². The zero-order valence-electron chi connectivity index (χ0n) is 16.2. The number of benzene rings is 2. The van der Waals surface area contributed by atoms with E-state index in [1.54, 1.807) is 23.1 Å². The Balaban J connectivity index is 1.67. The highest BCUT2D eigenvalue weighted by atomic mass is 16.6. The van der Waals surface area contributed by atoms with E-state index < -0.39 is 4.92 Å². The largest absolute Gasteiger partial charge is 0.494 e. The van der Waals surface area contributed by atoms with Gasteiger partial charge in [-0.3, -0.25) is 14.9 Å². The van der Waals surface area contributed by atoms with E-state index in [2.05, 4.69) is 0 Å². The molecule has 1 heterocycles. The number of rotatable bonds is 6. The van der Waals surface area contributed by atoms with Crippen LogP contribution >= 0.6 is 0 Å². The zero-order chi connectivity index (χ0) is 20.8. The van der Waals surface area contributed by atoms with Crippen LogP contribution in [0.25, 0.3) is 0 Å². The van der Waals surface area contributed by atoms with Gasteiger partial charge in [0.2, 0.25) is 0 Å². The predicted molar refractivity (Wildman–Crippen MR) is 108 cm³/mol. The molecular formula is C21H22N4O4. The molecule has 0 aliphatic carbocycles. The minimum Gasteiger partial charge on any atom is -0.494 e. The Labute approximate surface area is 169 Å². The minimum atomic E-state index is -0.514. The Hall–Kier alpha value is -3.60. The molecule has 1 fully saturated rings. The van der Waals surface area contributed by atoms with Crippen LogP contribution in [-0.2, 0) is 0 Å². The average Bonchev–Trinajstić information content (AvgIpc) is 2.77. The van der Waals surface area contributed by atoms with Gasteiger partial charge in [-0.1, -0.05) is 13.0 Å². The normalized spacial score (nSPS) is 13.7. The second-order valence-corrected chi connectivity index (χ2v) is 6.73. The number of ether oxygens (including phenoxy) is 1. The lowest BCUT2D eigenvalue weighted by molar-refractivity contribution is -0.384. The van der Waals surface area contributed by atoms with Crippen LogP contribution in [-0.4, -0.2) is 48.5 Å². The fourth-order valence-corrected chi connectivity index (χ4v) is 3.27. The topological polar surface area (TPSA) is 99.7 Å². The summed E-state index contributed by atoms with van der Waals surface area (Å²) in [5.74, 6) is 0.622. The zero-order valence-corrected chi connectivity index (χ0v) is 16.2. The molecule has 1 aliphatic rings. The van der Waals surface area contributed by atoms with Gasteiger partial charge in [-0.15, -0.1) is 0 Å². The molecule has 8 heteroatoms. The smallest absolute Gasteiger partial charge is 0.270 e. The summed E-state index contributed by atoms with van der Waals surface area (Å²) in [5, 5.41) is 20.3. The van der Waals surface area contributed by atoms with Crippen LogP contribution in [0.3, 0.4) is 0 Å². The van der Waals surface area contributed by atoms with Gasteiger partial charge in [0.15, 0.2) is 0 Å². The van der Waals surface area contributed by atoms with Crippen molar-refractivity contribution in [1.82, 2.24) is 4.90 Å². The van der Waals surface area contributed by atoms with E-state index in [0.717, 1.165) is 6.42 Å². The van der Waals surface area contributed by atoms with Crippen LogP contribution in [0.2, 0.25) is 0 Å². The number of nitro benzene ring substituents is 1. The van der Waals surface area contributed by atoms with Crippen molar-refractivity contribution in [1.29, 1.82) is 5.26 Å². The van der Waals surface area contributed by atoms with E-state index in [1.165, 1.54) is 12.1 Å². The second kappa shape index (κ2) is 9.06. The van der Waals surface area contributed by atoms with Gasteiger partial charge >= 0.3 is 0 Å². The fourth-order valence-electron chi connectivity index (χ4n) is 3.27. The molecule has 0 bridgehead atoms. The van der Waals surface area contributed by atoms with Crippen molar-refractivity contribution in [3.8, 4) is 11.8 Å². The van der Waals surface area contributed by atoms with E-state index >= 15 is 0 Å². The first-order valence-electron chi connectivity index (χ1n) is 9.49. The maximum absolute atomic E-state index is 12.8. The molecule has 0 unspecified atom stereocenters. The Morgan fingerprint density at radius 2 is 1.97 bits per heavy atom. The molecule has 1 saturated heterocycles. The molecule has 2 aromatic rings. The van der Waals surface area contributed by atoms with E-state index in [4.69, 9.17) is 4.74 Å². The van der Waals surface area contributed by atoms with Crippen LogP contribution < -0.4 is 9.64 Å². The summed E-state index contributed by atoms with van der Waals surface area (Å²) in [5.41, 5.74) is 1.39. The highest BCUT2D eigenvalue weighted by molar-refractivity contribution is 5.94. The fraction of sp³-hybridized carbons (Fsp3) is 0.333. The Bertz CT molecular complexity index is 946. The van der Waals surface area contributed by atoms with Gasteiger partial charge in [0, 0.05) is 43.9 Å². The minimum absolute atomic E-state index is 0.0594. The third kappa shape index (κ3) is 4.63. The molecular weight excluding hydrogens is 372 g/mol. The Kier molecular flexibility index (Phi) is 6.29. The third-order valence-electron chi connectivity index (χ3n) is 4.77. The number of piperazine rings is 1. The molecule has 0 saturated carbocycles. The van der Waals surface area contributed by atoms with Crippen LogP contribution in [0.1, 0.15) is 29.3 Å². The van der Waals surface area contributed by atoms with Crippen molar-refractivity contribution in [2.45, 2.75) is 13.3 Å². The molecule has 1 amide bonds. The summed E-state index contributed by atoms with van der Waals surface area (Å²) in [6.45, 7) is 4.72. The van der Waals surface area contributed by atoms with E-state index in [-0.39, 0.29) is 17.2 Å². The molecule has 0 aromatic heterocycles. The predicted octanol–water partition coefficient (Wildman–Crippen LogP) is 3.22. The monoisotopic (exact) mass is 394 g/mol. The molecule has 0 spiro atoms. The Morgan fingerprint density at radius 1 is 1.21 bits per heavy atom. The Morgan fingerprint density at radius 3 is 2.62 bits per heavy atom. The van der Waals surface area contributed by atoms with E-state index in [1.807, 2.05) is 30.0 Å². The van der Waals surface area contributed by atoms with Crippen molar-refractivity contribution >= 4 is 17.3 Å². The maximum atomic E-state index is 12.8. The number of hydrogen-bond donors (Lipinski definition) is 0. The number of nitro groups is 1. The molecule has 0 radical (unpaired) electrons. The molecule has 0 atom stereocenters. The number of hydrogen-bond acceptors (Lipinski definition) is 6. The first kappa shape index (κ1) is 20.1. The summed E-state index contributed by atoms with van der Waals surface area (Å²) in [4.78, 5) is 27.0. The quantitative estimate of drug-likeness (QED) is 0.551. The van der Waals surface area contributed by atoms with E-state index in [0.29, 0.717) is 49.8 Å². The SMILES string of the molecule is CCCOc1cccc(C(=O)N2CCN(c3ccc([N+](=O)[O-])cc3C#N)CC2)c1. The van der Waals surface area contributed by atoms with E-state index in [9.17, 15) is 20.2 Å². The van der Waals surface area contributed by atoms with Crippen molar-refractivity contribution in [2.24, 2.45) is 0 Å². The number of non-ortho nitro benzene ring substituents is 1. The van der Waals surface area contributed by atoms with Crippen LogP contribution in [0, 0.1) is 21.4 Å². The van der Waals surface area contributed by atoms with Crippen molar-refractivity contribution in [3.63, 3.8) is 0 Å². The van der Waals surface area contributed by atoms with Crippen molar-refractivity contribution in [2.75, 3.05) is 37.7 Å². The lowest BCUT2D eigenvalue weighted by Gasteiger charge is -2.36. The third-order valence-corrected chi connectivity index (χ3v) is 4.77. The lowest BCUT2D eigenvalue weighted by Crippen LogP contribution is -2.49. The van der Waals surface area contributed by atoms with Crippen LogP contribution in [0.15, 0.2) is 42.5 Å². The number of amides is 1. The highest BCUT2D eigenvalue weighted by Crippen LogP contribution is 2.26. The molecule has 1 aliphatic heterocycles. The summed E-state index contributed by atoms with van der Waals surface area (Å²) in [6.07, 6.45) is 0.896. The van der Waals surface area contributed by atoms with Gasteiger partial charge in [0.05, 0.1) is 22.8 Å². The number of nitrogens with zero attached hydrogens (tertiary/aromatic N) is 4. The average molecular weight is 394 g/mol. The standard InChI is InChI=1S/C21H22N4O4/c1-2-12-29-19-5-3-4-16(14-19)21(26)24-10-8-23(9-11-24)20-7-6-18(25(27)28)13-17(20)15-22/h3-7,13-14H,2,8-12H2,1H3. The summed E-state index contributed by atoms with van der Waals surface area (Å²) in [6, 6.07) is 13.5. The molecule has 0 N–H and O–H groups in total. The van der Waals surface area contributed by atoms with Crippen LogP contribution in [0.5, 0.6) is 5.75 Å². The summed E-state index contributed by atoms with van der Waals surface area (Å²) >= 11 is 0. The number of carbonyl (C=O) groups is 1. The van der Waals surface area contributed by atoms with Crippen molar-refractivity contribution < 1.29 is 14.5 Å². The number of carbonyl (C=O) groups excluding carboxylic acids is 1. The molecule has 8 nitrogen and oxygen atoms in total. The highest BCUT2D eigenvalue weighted by Gasteiger charge is 2.24. The second-order valence-electron chi connectivity index (χ2n) is 6.73. The molecule has 29 heavy (non-hydrogen) atoms. The van der Waals surface area contributed by atoms with Gasteiger partial charge in [0.25, 0.3) is 11.6 Å². The number of anilines is 1. The van der Waals surface area contributed by atoms with Gasteiger partial charge in [-0.2, -0.15) is 5.26 Å². The molecule has 150 valence electrons. The molecule has 3 rings (SSSR count). The first-order chi connectivity index (χ1) is 14.0. The van der Waals surface area contributed by atoms with Gasteiger partial charge in [-0.05, 0) is 30.7 Å². The van der Waals surface area contributed by atoms with Gasteiger partial charge in [0.1, 0.15) is 11.8 Å². The summed E-state index contributed by atoms with van der Waals surface area (Å²) < 4.78 is 5.60. The van der Waals surface area contributed by atoms with Crippen molar-refractivity contribution in [3.05, 3.63) is 63.7 Å². The maximum Gasteiger partial charge on any atom is 0.270 e. The molecule has 2 aromatic carbocycles. The van der Waals surface area contributed by atoms with Gasteiger partial charge in [-0.25, -0.2) is 0 Å². The lowest BCUT2D eigenvalue weighted by atomic mass is 10.1. The first-order valence-corrected chi connectivity index (χ1v) is 9.49. The number of nitriles is 1. The summed E-state index contributed by atoms with van der Waals surface area (Å²) in [7, 11) is 0.